The first-order valence-electron chi connectivity index (χ1n) is 7.75. The van der Waals surface area contributed by atoms with Crippen LogP contribution in [0.3, 0.4) is 0 Å². The lowest BCUT2D eigenvalue weighted by atomic mass is 10.2. The van der Waals surface area contributed by atoms with Crippen LogP contribution in [-0.4, -0.2) is 24.4 Å². The van der Waals surface area contributed by atoms with Crippen molar-refractivity contribution in [2.45, 2.75) is 39.7 Å². The molecule has 3 aromatic rings. The van der Waals surface area contributed by atoms with Crippen LogP contribution in [0.5, 0.6) is 0 Å². The lowest BCUT2D eigenvalue weighted by Gasteiger charge is -2.00. The predicted molar refractivity (Wildman–Crippen MR) is 91.0 cm³/mol. The van der Waals surface area contributed by atoms with Gasteiger partial charge < -0.3 is 5.32 Å². The van der Waals surface area contributed by atoms with Gasteiger partial charge in [-0.1, -0.05) is 31.6 Å². The average Bonchev–Trinajstić information content (AvgIpc) is 3.08. The number of hydrogen-bond acceptors (Lipinski definition) is 6. The first kappa shape index (κ1) is 15.7. The standard InChI is InChI=1S/C15H20N6OS/c1-4-6-11-7-13(22)21-15(17-11)23-14(19-21)16-8-10-9-20(3)18-12(10)5-2/h7,9H,4-6,8H2,1-3H3,(H,16,19). The molecule has 0 fully saturated rings. The number of anilines is 1. The molecule has 0 saturated carbocycles. The summed E-state index contributed by atoms with van der Waals surface area (Å²) < 4.78 is 3.17. The summed E-state index contributed by atoms with van der Waals surface area (Å²) in [6.45, 7) is 4.79. The van der Waals surface area contributed by atoms with E-state index < -0.39 is 0 Å². The van der Waals surface area contributed by atoms with Crippen molar-refractivity contribution in [3.8, 4) is 0 Å². The number of aromatic nitrogens is 5. The van der Waals surface area contributed by atoms with Crippen LogP contribution in [0.25, 0.3) is 4.96 Å². The van der Waals surface area contributed by atoms with Gasteiger partial charge >= 0.3 is 0 Å². The second-order valence-electron chi connectivity index (χ2n) is 5.42. The van der Waals surface area contributed by atoms with Crippen molar-refractivity contribution in [3.05, 3.63) is 39.6 Å². The number of rotatable bonds is 6. The van der Waals surface area contributed by atoms with Gasteiger partial charge in [0.15, 0.2) is 0 Å². The Hall–Kier alpha value is -2.22. The molecule has 7 nitrogen and oxygen atoms in total. The molecule has 3 rings (SSSR count). The van der Waals surface area contributed by atoms with E-state index in [4.69, 9.17) is 0 Å². The predicted octanol–water partition coefficient (Wildman–Crippen LogP) is 2.01. The molecule has 0 atom stereocenters. The Morgan fingerprint density at radius 1 is 1.30 bits per heavy atom. The molecule has 0 radical (unpaired) electrons. The lowest BCUT2D eigenvalue weighted by Crippen LogP contribution is -2.15. The SMILES string of the molecule is CCCc1cc(=O)n2nc(NCc3cn(C)nc3CC)sc2n1. The van der Waals surface area contributed by atoms with Crippen molar-refractivity contribution >= 4 is 21.4 Å². The largest absolute Gasteiger partial charge is 0.356 e. The summed E-state index contributed by atoms with van der Waals surface area (Å²) in [4.78, 5) is 17.2. The normalized spacial score (nSPS) is 11.3. The van der Waals surface area contributed by atoms with E-state index in [0.717, 1.165) is 36.2 Å². The molecule has 0 amide bonds. The van der Waals surface area contributed by atoms with Gasteiger partial charge in [-0.15, -0.1) is 5.10 Å². The van der Waals surface area contributed by atoms with Crippen molar-refractivity contribution in [2.24, 2.45) is 7.05 Å². The summed E-state index contributed by atoms with van der Waals surface area (Å²) in [5.41, 5.74) is 2.91. The lowest BCUT2D eigenvalue weighted by molar-refractivity contribution is 0.746. The van der Waals surface area contributed by atoms with Crippen molar-refractivity contribution in [2.75, 3.05) is 5.32 Å². The van der Waals surface area contributed by atoms with Gasteiger partial charge in [-0.2, -0.15) is 9.61 Å². The highest BCUT2D eigenvalue weighted by Gasteiger charge is 2.10. The molecule has 23 heavy (non-hydrogen) atoms. The van der Waals surface area contributed by atoms with Crippen LogP contribution in [0.2, 0.25) is 0 Å². The van der Waals surface area contributed by atoms with Crippen LogP contribution >= 0.6 is 11.3 Å². The van der Waals surface area contributed by atoms with Gasteiger partial charge in [-0.25, -0.2) is 4.98 Å². The van der Waals surface area contributed by atoms with Crippen molar-refractivity contribution in [3.63, 3.8) is 0 Å². The summed E-state index contributed by atoms with van der Waals surface area (Å²) in [7, 11) is 1.92. The first-order valence-corrected chi connectivity index (χ1v) is 8.57. The smallest absolute Gasteiger partial charge is 0.275 e. The second kappa shape index (κ2) is 6.49. The Balaban J connectivity index is 1.83. The van der Waals surface area contributed by atoms with Crippen molar-refractivity contribution < 1.29 is 0 Å². The van der Waals surface area contributed by atoms with Crippen LogP contribution in [0.1, 0.15) is 37.2 Å². The minimum Gasteiger partial charge on any atom is -0.356 e. The fourth-order valence-electron chi connectivity index (χ4n) is 2.51. The molecule has 0 aliphatic carbocycles. The Morgan fingerprint density at radius 2 is 2.13 bits per heavy atom. The summed E-state index contributed by atoms with van der Waals surface area (Å²) >= 11 is 1.39. The molecule has 0 aromatic carbocycles. The maximum atomic E-state index is 12.1. The molecule has 0 unspecified atom stereocenters. The van der Waals surface area contributed by atoms with Crippen LogP contribution in [0.15, 0.2) is 17.1 Å². The minimum atomic E-state index is -0.127. The van der Waals surface area contributed by atoms with Gasteiger partial charge in [0.25, 0.3) is 5.56 Å². The molecule has 1 N–H and O–H groups in total. The molecule has 3 heterocycles. The Morgan fingerprint density at radius 3 is 2.87 bits per heavy atom. The maximum Gasteiger partial charge on any atom is 0.275 e. The van der Waals surface area contributed by atoms with E-state index in [1.165, 1.54) is 15.9 Å². The number of nitrogens with one attached hydrogen (secondary N) is 1. The van der Waals surface area contributed by atoms with Gasteiger partial charge in [-0.05, 0) is 12.8 Å². The Kier molecular flexibility index (Phi) is 4.42. The van der Waals surface area contributed by atoms with E-state index in [1.54, 1.807) is 6.07 Å². The molecule has 0 spiro atoms. The van der Waals surface area contributed by atoms with E-state index in [2.05, 4.69) is 34.3 Å². The van der Waals surface area contributed by atoms with Crippen LogP contribution < -0.4 is 10.9 Å². The maximum absolute atomic E-state index is 12.1. The molecular weight excluding hydrogens is 312 g/mol. The molecule has 3 aromatic heterocycles. The van der Waals surface area contributed by atoms with E-state index >= 15 is 0 Å². The highest BCUT2D eigenvalue weighted by atomic mass is 32.1. The molecule has 8 heteroatoms. The van der Waals surface area contributed by atoms with Crippen molar-refractivity contribution in [1.29, 1.82) is 0 Å². The molecule has 0 bridgehead atoms. The van der Waals surface area contributed by atoms with Crippen molar-refractivity contribution in [1.82, 2.24) is 24.4 Å². The number of aryl methyl sites for hydroxylation is 3. The van der Waals surface area contributed by atoms with Gasteiger partial charge in [-0.3, -0.25) is 9.48 Å². The summed E-state index contributed by atoms with van der Waals surface area (Å²) in [6, 6.07) is 1.57. The summed E-state index contributed by atoms with van der Waals surface area (Å²) in [6.07, 6.45) is 4.66. The Labute approximate surface area is 138 Å². The third-order valence-electron chi connectivity index (χ3n) is 3.56. The second-order valence-corrected chi connectivity index (χ2v) is 6.38. The summed E-state index contributed by atoms with van der Waals surface area (Å²) in [5, 5.41) is 12.7. The molecule has 0 aliphatic rings. The van der Waals surface area contributed by atoms with Gasteiger partial charge in [0.05, 0.1) is 5.69 Å². The van der Waals surface area contributed by atoms with Crippen LogP contribution in [0.4, 0.5) is 5.13 Å². The number of fused-ring (bicyclic) bond motifs is 1. The fraction of sp³-hybridized carbons (Fsp3) is 0.467. The highest BCUT2D eigenvalue weighted by Crippen LogP contribution is 2.18. The van der Waals surface area contributed by atoms with Crippen LogP contribution in [0, 0.1) is 0 Å². The minimum absolute atomic E-state index is 0.127. The van der Waals surface area contributed by atoms with Crippen LogP contribution in [-0.2, 0) is 26.4 Å². The quantitative estimate of drug-likeness (QED) is 0.747. The van der Waals surface area contributed by atoms with Gasteiger partial charge in [0.2, 0.25) is 10.1 Å². The van der Waals surface area contributed by atoms with E-state index in [1.807, 2.05) is 17.9 Å². The third-order valence-corrected chi connectivity index (χ3v) is 4.43. The first-order chi connectivity index (χ1) is 11.1. The zero-order valence-corrected chi connectivity index (χ0v) is 14.4. The monoisotopic (exact) mass is 332 g/mol. The zero-order valence-electron chi connectivity index (χ0n) is 13.5. The zero-order chi connectivity index (χ0) is 16.4. The number of hydrogen-bond donors (Lipinski definition) is 1. The van der Waals surface area contributed by atoms with Gasteiger partial charge in [0.1, 0.15) is 0 Å². The molecular formula is C15H20N6OS. The fourth-order valence-corrected chi connectivity index (χ4v) is 3.33. The highest BCUT2D eigenvalue weighted by molar-refractivity contribution is 7.20. The van der Waals surface area contributed by atoms with E-state index in [9.17, 15) is 4.79 Å². The Bertz CT molecular complexity index is 878. The number of nitrogens with zero attached hydrogens (tertiary/aromatic N) is 5. The summed E-state index contributed by atoms with van der Waals surface area (Å²) in [5.74, 6) is 0. The average molecular weight is 332 g/mol. The molecule has 0 aliphatic heterocycles. The third kappa shape index (κ3) is 3.26. The topological polar surface area (TPSA) is 77.1 Å². The molecule has 122 valence electrons. The van der Waals surface area contributed by atoms with E-state index in [0.29, 0.717) is 16.6 Å². The van der Waals surface area contributed by atoms with E-state index in [-0.39, 0.29) is 5.56 Å². The molecule has 0 saturated heterocycles. The van der Waals surface area contributed by atoms with Gasteiger partial charge in [0, 0.05) is 37.1 Å².